The number of methoxy groups -OCH3 is 1. The molecule has 0 fully saturated rings. The second-order valence-corrected chi connectivity index (χ2v) is 2.85. The fourth-order valence-electron chi connectivity index (χ4n) is 1.09. The maximum absolute atomic E-state index is 5.44. The molecule has 0 spiro atoms. The zero-order chi connectivity index (χ0) is 9.52. The lowest BCUT2D eigenvalue weighted by atomic mass is 10.3. The maximum Gasteiger partial charge on any atom is 0.208 e. The minimum atomic E-state index is 0.685. The summed E-state index contributed by atoms with van der Waals surface area (Å²) in [4.78, 5) is 4.11. The molecule has 0 aliphatic heterocycles. The molecule has 1 aromatic rings. The van der Waals surface area contributed by atoms with E-state index in [-0.39, 0.29) is 0 Å². The maximum atomic E-state index is 5.44. The van der Waals surface area contributed by atoms with Crippen LogP contribution in [0.25, 0.3) is 0 Å². The van der Waals surface area contributed by atoms with Crippen molar-refractivity contribution in [2.75, 3.05) is 20.8 Å². The number of nitrogens with zero attached hydrogens (tertiary/aromatic N) is 1. The van der Waals surface area contributed by atoms with E-state index in [9.17, 15) is 0 Å². The van der Waals surface area contributed by atoms with Crippen LogP contribution in [-0.4, -0.2) is 25.7 Å². The zero-order valence-electron chi connectivity index (χ0n) is 8.17. The van der Waals surface area contributed by atoms with Gasteiger partial charge >= 0.3 is 0 Å². The minimum absolute atomic E-state index is 0.685. The van der Waals surface area contributed by atoms with Crippen molar-refractivity contribution in [1.82, 2.24) is 10.3 Å². The lowest BCUT2D eigenvalue weighted by Crippen LogP contribution is -2.04. The number of oxazole rings is 1. The highest BCUT2D eigenvalue weighted by molar-refractivity contribution is 4.93. The summed E-state index contributed by atoms with van der Waals surface area (Å²) < 4.78 is 10.4. The first-order valence-electron chi connectivity index (χ1n) is 4.44. The summed E-state index contributed by atoms with van der Waals surface area (Å²) in [7, 11) is 3.57. The molecule has 0 unspecified atom stereocenters. The molecule has 74 valence electrons. The van der Waals surface area contributed by atoms with E-state index in [0.717, 1.165) is 31.1 Å². The third kappa shape index (κ3) is 3.57. The predicted molar refractivity (Wildman–Crippen MR) is 49.5 cm³/mol. The minimum Gasteiger partial charge on any atom is -0.444 e. The third-order valence-electron chi connectivity index (χ3n) is 1.70. The quantitative estimate of drug-likeness (QED) is 0.669. The number of aryl methyl sites for hydroxylation is 1. The summed E-state index contributed by atoms with van der Waals surface area (Å²) in [6.07, 6.45) is 3.65. The van der Waals surface area contributed by atoms with Crippen molar-refractivity contribution in [3.8, 4) is 0 Å². The van der Waals surface area contributed by atoms with E-state index in [1.54, 1.807) is 13.3 Å². The molecular weight excluding hydrogens is 168 g/mol. The average molecular weight is 184 g/mol. The Bertz CT molecular complexity index is 235. The van der Waals surface area contributed by atoms with Gasteiger partial charge in [-0.25, -0.2) is 4.98 Å². The summed E-state index contributed by atoms with van der Waals surface area (Å²) in [6, 6.07) is 0. The number of rotatable bonds is 6. The predicted octanol–water partition coefficient (Wildman–Crippen LogP) is 0.973. The number of nitrogens with one attached hydrogen (secondary N) is 1. The molecule has 1 aromatic heterocycles. The Morgan fingerprint density at radius 1 is 1.62 bits per heavy atom. The molecule has 0 atom stereocenters. The summed E-state index contributed by atoms with van der Waals surface area (Å²) in [5.74, 6) is 1.68. The van der Waals surface area contributed by atoms with Gasteiger partial charge in [0.2, 0.25) is 5.89 Å². The van der Waals surface area contributed by atoms with Gasteiger partial charge in [-0.3, -0.25) is 0 Å². The highest BCUT2D eigenvalue weighted by Gasteiger charge is 2.01. The highest BCUT2D eigenvalue weighted by atomic mass is 16.5. The molecule has 1 rings (SSSR count). The van der Waals surface area contributed by atoms with Crippen LogP contribution in [0.15, 0.2) is 10.6 Å². The molecule has 0 aliphatic rings. The molecule has 4 heteroatoms. The van der Waals surface area contributed by atoms with Crippen LogP contribution in [0.5, 0.6) is 0 Å². The molecule has 0 saturated heterocycles. The molecule has 13 heavy (non-hydrogen) atoms. The summed E-state index contributed by atoms with van der Waals surface area (Å²) in [5, 5.41) is 2.98. The van der Waals surface area contributed by atoms with Crippen LogP contribution in [-0.2, 0) is 17.7 Å². The first-order valence-corrected chi connectivity index (χ1v) is 4.44. The van der Waals surface area contributed by atoms with Crippen molar-refractivity contribution < 1.29 is 9.15 Å². The second-order valence-electron chi connectivity index (χ2n) is 2.85. The Kier molecular flexibility index (Phi) is 4.49. The smallest absolute Gasteiger partial charge is 0.208 e. The van der Waals surface area contributed by atoms with Crippen molar-refractivity contribution in [1.29, 1.82) is 0 Å². The van der Waals surface area contributed by atoms with Crippen molar-refractivity contribution in [3.63, 3.8) is 0 Å². The van der Waals surface area contributed by atoms with Crippen LogP contribution in [0, 0.1) is 0 Å². The monoisotopic (exact) mass is 184 g/mol. The van der Waals surface area contributed by atoms with Gasteiger partial charge in [0.05, 0.1) is 12.7 Å². The van der Waals surface area contributed by atoms with E-state index in [4.69, 9.17) is 9.15 Å². The van der Waals surface area contributed by atoms with Gasteiger partial charge in [0.15, 0.2) is 0 Å². The third-order valence-corrected chi connectivity index (χ3v) is 1.70. The lowest BCUT2D eigenvalue weighted by molar-refractivity contribution is 0.193. The van der Waals surface area contributed by atoms with Crippen LogP contribution >= 0.6 is 0 Å². The highest BCUT2D eigenvalue weighted by Crippen LogP contribution is 2.05. The van der Waals surface area contributed by atoms with Crippen molar-refractivity contribution >= 4 is 0 Å². The van der Waals surface area contributed by atoms with Crippen LogP contribution in [0.3, 0.4) is 0 Å². The molecule has 4 nitrogen and oxygen atoms in total. The van der Waals surface area contributed by atoms with Gasteiger partial charge in [0.1, 0.15) is 5.76 Å². The Morgan fingerprint density at radius 3 is 3.15 bits per heavy atom. The second kappa shape index (κ2) is 5.72. The number of hydrogen-bond donors (Lipinski definition) is 1. The van der Waals surface area contributed by atoms with E-state index in [0.29, 0.717) is 6.54 Å². The topological polar surface area (TPSA) is 47.3 Å². The van der Waals surface area contributed by atoms with E-state index in [1.165, 1.54) is 0 Å². The fraction of sp³-hybridized carbons (Fsp3) is 0.667. The summed E-state index contributed by atoms with van der Waals surface area (Å²) in [6.45, 7) is 1.45. The normalized spacial score (nSPS) is 10.6. The number of hydrogen-bond acceptors (Lipinski definition) is 4. The van der Waals surface area contributed by atoms with Crippen LogP contribution in [0.2, 0.25) is 0 Å². The largest absolute Gasteiger partial charge is 0.444 e. The Labute approximate surface area is 78.3 Å². The van der Waals surface area contributed by atoms with Crippen molar-refractivity contribution in [3.05, 3.63) is 17.8 Å². The van der Waals surface area contributed by atoms with Crippen LogP contribution in [0.4, 0.5) is 0 Å². The van der Waals surface area contributed by atoms with Gasteiger partial charge in [0.25, 0.3) is 0 Å². The Morgan fingerprint density at radius 2 is 2.46 bits per heavy atom. The SMILES string of the molecule is CNCc1ncc(CCCOC)o1. The van der Waals surface area contributed by atoms with E-state index in [1.807, 2.05) is 7.05 Å². The van der Waals surface area contributed by atoms with E-state index < -0.39 is 0 Å². The molecule has 0 radical (unpaired) electrons. The molecule has 1 N–H and O–H groups in total. The van der Waals surface area contributed by atoms with Crippen LogP contribution < -0.4 is 5.32 Å². The van der Waals surface area contributed by atoms with Gasteiger partial charge in [-0.1, -0.05) is 0 Å². The van der Waals surface area contributed by atoms with Crippen LogP contribution in [0.1, 0.15) is 18.1 Å². The summed E-state index contributed by atoms with van der Waals surface area (Å²) in [5.41, 5.74) is 0. The Balaban J connectivity index is 2.31. The number of aromatic nitrogens is 1. The molecule has 0 aliphatic carbocycles. The van der Waals surface area contributed by atoms with E-state index in [2.05, 4.69) is 10.3 Å². The fourth-order valence-corrected chi connectivity index (χ4v) is 1.09. The molecule has 0 aromatic carbocycles. The standard InChI is InChI=1S/C9H16N2O2/c1-10-7-9-11-6-8(13-9)4-3-5-12-2/h6,10H,3-5,7H2,1-2H3. The van der Waals surface area contributed by atoms with Gasteiger partial charge in [-0.15, -0.1) is 0 Å². The molecular formula is C9H16N2O2. The zero-order valence-corrected chi connectivity index (χ0v) is 8.17. The molecule has 0 bridgehead atoms. The molecule has 0 amide bonds. The molecule has 0 saturated carbocycles. The number of ether oxygens (including phenoxy) is 1. The van der Waals surface area contributed by atoms with Gasteiger partial charge in [0, 0.05) is 20.1 Å². The first kappa shape index (κ1) is 10.2. The van der Waals surface area contributed by atoms with Crippen molar-refractivity contribution in [2.24, 2.45) is 0 Å². The van der Waals surface area contributed by atoms with Gasteiger partial charge < -0.3 is 14.5 Å². The average Bonchev–Trinajstić information content (AvgIpc) is 2.54. The summed E-state index contributed by atoms with van der Waals surface area (Å²) >= 11 is 0. The van der Waals surface area contributed by atoms with Gasteiger partial charge in [-0.2, -0.15) is 0 Å². The Hall–Kier alpha value is -0.870. The van der Waals surface area contributed by atoms with Gasteiger partial charge in [-0.05, 0) is 13.5 Å². The van der Waals surface area contributed by atoms with E-state index >= 15 is 0 Å². The molecule has 1 heterocycles. The lowest BCUT2D eigenvalue weighted by Gasteiger charge is -1.95. The first-order chi connectivity index (χ1) is 6.36. The van der Waals surface area contributed by atoms with Crippen molar-refractivity contribution in [2.45, 2.75) is 19.4 Å².